The van der Waals surface area contributed by atoms with Gasteiger partial charge in [-0.1, -0.05) is 167 Å². The molecule has 0 heterocycles. The Morgan fingerprint density at radius 2 is 0.720 bits per heavy atom. The second-order valence-corrected chi connectivity index (χ2v) is 14.0. The Morgan fingerprint density at radius 1 is 0.420 bits per heavy atom. The highest BCUT2D eigenvalue weighted by Crippen LogP contribution is 2.20. The van der Waals surface area contributed by atoms with Gasteiger partial charge in [0.05, 0.1) is 24.3 Å². The second-order valence-electron chi connectivity index (χ2n) is 14.0. The highest BCUT2D eigenvalue weighted by atomic mass is 16.5. The molecule has 2 N–H and O–H groups in total. The molecule has 0 aliphatic carbocycles. The fourth-order valence-corrected chi connectivity index (χ4v) is 6.30. The van der Waals surface area contributed by atoms with Crippen LogP contribution in [0.5, 0.6) is 11.5 Å². The SMILES string of the molecule is CCCCCCCCCCCCOc1ccccc1C(=O)NCCCCCCNC(=O)c1ccccc1OCCCCCCCCCCCC. The lowest BCUT2D eigenvalue weighted by molar-refractivity contribution is 0.0938. The highest BCUT2D eigenvalue weighted by molar-refractivity contribution is 5.97. The lowest BCUT2D eigenvalue weighted by Crippen LogP contribution is -2.26. The van der Waals surface area contributed by atoms with E-state index in [0.29, 0.717) is 48.9 Å². The summed E-state index contributed by atoms with van der Waals surface area (Å²) in [7, 11) is 0. The van der Waals surface area contributed by atoms with E-state index in [1.807, 2.05) is 48.5 Å². The lowest BCUT2D eigenvalue weighted by atomic mass is 10.1. The Hall–Kier alpha value is -3.02. The van der Waals surface area contributed by atoms with Gasteiger partial charge in [-0.25, -0.2) is 0 Å². The van der Waals surface area contributed by atoms with Gasteiger partial charge in [0.2, 0.25) is 0 Å². The second kappa shape index (κ2) is 30.8. The third-order valence-electron chi connectivity index (χ3n) is 9.45. The smallest absolute Gasteiger partial charge is 0.255 e. The van der Waals surface area contributed by atoms with Gasteiger partial charge in [0.25, 0.3) is 11.8 Å². The summed E-state index contributed by atoms with van der Waals surface area (Å²) in [5.41, 5.74) is 1.21. The van der Waals surface area contributed by atoms with Crippen LogP contribution in [0.1, 0.15) is 189 Å². The molecular formula is C44H72N2O4. The fourth-order valence-electron chi connectivity index (χ4n) is 6.30. The molecule has 0 unspecified atom stereocenters. The largest absolute Gasteiger partial charge is 0.493 e. The Morgan fingerprint density at radius 3 is 1.08 bits per heavy atom. The summed E-state index contributed by atoms with van der Waals surface area (Å²) in [5.74, 6) is 1.18. The van der Waals surface area contributed by atoms with Gasteiger partial charge in [0, 0.05) is 13.1 Å². The highest BCUT2D eigenvalue weighted by Gasteiger charge is 2.13. The maximum absolute atomic E-state index is 12.9. The molecule has 0 saturated carbocycles. The molecule has 0 aliphatic rings. The number of benzene rings is 2. The van der Waals surface area contributed by atoms with Crippen molar-refractivity contribution in [3.8, 4) is 11.5 Å². The number of unbranched alkanes of at least 4 members (excludes halogenated alkanes) is 21. The number of para-hydroxylation sites is 2. The molecule has 0 radical (unpaired) electrons. The van der Waals surface area contributed by atoms with Crippen molar-refractivity contribution in [3.63, 3.8) is 0 Å². The molecule has 2 amide bonds. The van der Waals surface area contributed by atoms with Crippen molar-refractivity contribution < 1.29 is 19.1 Å². The fraction of sp³-hybridized carbons (Fsp3) is 0.682. The molecule has 6 nitrogen and oxygen atoms in total. The minimum atomic E-state index is -0.0787. The lowest BCUT2D eigenvalue weighted by Gasteiger charge is -2.12. The van der Waals surface area contributed by atoms with E-state index in [0.717, 1.165) is 38.5 Å². The summed E-state index contributed by atoms with van der Waals surface area (Å²) in [5, 5.41) is 6.12. The minimum Gasteiger partial charge on any atom is -0.493 e. The average Bonchev–Trinajstić information content (AvgIpc) is 3.14. The van der Waals surface area contributed by atoms with Crippen LogP contribution in [-0.2, 0) is 0 Å². The van der Waals surface area contributed by atoms with Crippen molar-refractivity contribution in [2.75, 3.05) is 26.3 Å². The predicted octanol–water partition coefficient (Wildman–Crippen LogP) is 12.0. The third kappa shape index (κ3) is 21.3. The summed E-state index contributed by atoms with van der Waals surface area (Å²) < 4.78 is 12.0. The van der Waals surface area contributed by atoms with E-state index in [1.54, 1.807) is 0 Å². The summed E-state index contributed by atoms with van der Waals surface area (Å²) in [6.45, 7) is 7.07. The molecular weight excluding hydrogens is 620 g/mol. The first-order chi connectivity index (χ1) is 24.7. The minimum absolute atomic E-state index is 0.0787. The van der Waals surface area contributed by atoms with Crippen LogP contribution in [0.25, 0.3) is 0 Å². The van der Waals surface area contributed by atoms with E-state index in [-0.39, 0.29) is 11.8 Å². The molecule has 0 aliphatic heterocycles. The van der Waals surface area contributed by atoms with Crippen LogP contribution in [0.3, 0.4) is 0 Å². The van der Waals surface area contributed by atoms with Crippen LogP contribution in [-0.4, -0.2) is 38.1 Å². The molecule has 50 heavy (non-hydrogen) atoms. The summed E-state index contributed by atoms with van der Waals surface area (Å²) in [4.78, 5) is 25.7. The van der Waals surface area contributed by atoms with Gasteiger partial charge in [-0.15, -0.1) is 0 Å². The van der Waals surface area contributed by atoms with Crippen LogP contribution >= 0.6 is 0 Å². The van der Waals surface area contributed by atoms with Gasteiger partial charge in [0.1, 0.15) is 11.5 Å². The van der Waals surface area contributed by atoms with Crippen LogP contribution in [0, 0.1) is 0 Å². The van der Waals surface area contributed by atoms with Crippen LogP contribution in [0.15, 0.2) is 48.5 Å². The number of hydrogen-bond donors (Lipinski definition) is 2. The maximum atomic E-state index is 12.9. The number of ether oxygens (including phenoxy) is 2. The monoisotopic (exact) mass is 693 g/mol. The summed E-state index contributed by atoms with van der Waals surface area (Å²) >= 11 is 0. The van der Waals surface area contributed by atoms with E-state index in [1.165, 1.54) is 116 Å². The van der Waals surface area contributed by atoms with E-state index in [4.69, 9.17) is 9.47 Å². The molecule has 0 bridgehead atoms. The average molecular weight is 693 g/mol. The van der Waals surface area contributed by atoms with E-state index < -0.39 is 0 Å². The topological polar surface area (TPSA) is 76.7 Å². The molecule has 0 aromatic heterocycles. The standard InChI is InChI=1S/C44H72N2O4/c1-3-5-7-9-11-13-15-17-21-29-37-49-41-33-25-23-31-39(41)43(47)45-35-27-19-20-28-36-46-44(48)40-32-24-26-34-42(40)50-38-30-22-18-16-14-12-10-8-6-4-2/h23-26,31-34H,3-22,27-30,35-38H2,1-2H3,(H,45,47)(H,46,48). The molecule has 2 aromatic rings. The molecule has 0 fully saturated rings. The van der Waals surface area contributed by atoms with Crippen molar-refractivity contribution in [2.24, 2.45) is 0 Å². The maximum Gasteiger partial charge on any atom is 0.255 e. The first kappa shape index (κ1) is 43.1. The molecule has 2 rings (SSSR count). The summed E-state index contributed by atoms with van der Waals surface area (Å²) in [6, 6.07) is 15.1. The number of carbonyl (C=O) groups is 2. The normalized spacial score (nSPS) is 11.0. The quantitative estimate of drug-likeness (QED) is 0.0730. The zero-order valence-corrected chi connectivity index (χ0v) is 32.1. The summed E-state index contributed by atoms with van der Waals surface area (Å²) in [6.07, 6.45) is 29.6. The first-order valence-electron chi connectivity index (χ1n) is 20.7. The van der Waals surface area contributed by atoms with Crippen molar-refractivity contribution in [2.45, 2.75) is 168 Å². The van der Waals surface area contributed by atoms with E-state index in [2.05, 4.69) is 24.5 Å². The number of nitrogens with one attached hydrogen (secondary N) is 2. The van der Waals surface area contributed by atoms with Gasteiger partial charge in [-0.3, -0.25) is 9.59 Å². The Kier molecular flexibility index (Phi) is 26.6. The third-order valence-corrected chi connectivity index (χ3v) is 9.45. The van der Waals surface area contributed by atoms with Crippen molar-refractivity contribution in [3.05, 3.63) is 59.7 Å². The molecule has 0 saturated heterocycles. The Bertz CT molecular complexity index is 1030. The molecule has 0 spiro atoms. The molecule has 0 atom stereocenters. The van der Waals surface area contributed by atoms with Gasteiger partial charge >= 0.3 is 0 Å². The van der Waals surface area contributed by atoms with E-state index in [9.17, 15) is 9.59 Å². The number of rotatable bonds is 33. The molecule has 6 heteroatoms. The van der Waals surface area contributed by atoms with E-state index >= 15 is 0 Å². The zero-order valence-electron chi connectivity index (χ0n) is 32.1. The van der Waals surface area contributed by atoms with Crippen molar-refractivity contribution in [1.29, 1.82) is 0 Å². The van der Waals surface area contributed by atoms with Gasteiger partial charge < -0.3 is 20.1 Å². The molecule has 2 aromatic carbocycles. The van der Waals surface area contributed by atoms with Crippen LogP contribution < -0.4 is 20.1 Å². The van der Waals surface area contributed by atoms with Crippen LogP contribution in [0.2, 0.25) is 0 Å². The Balaban J connectivity index is 1.51. The van der Waals surface area contributed by atoms with Crippen molar-refractivity contribution >= 4 is 11.8 Å². The predicted molar refractivity (Wildman–Crippen MR) is 211 cm³/mol. The van der Waals surface area contributed by atoms with Gasteiger partial charge in [0.15, 0.2) is 0 Å². The van der Waals surface area contributed by atoms with Gasteiger partial charge in [-0.2, -0.15) is 0 Å². The number of carbonyl (C=O) groups excluding carboxylic acids is 2. The van der Waals surface area contributed by atoms with Crippen LogP contribution in [0.4, 0.5) is 0 Å². The number of amides is 2. The molecule has 282 valence electrons. The Labute approximate surface area is 306 Å². The van der Waals surface area contributed by atoms with Crippen molar-refractivity contribution in [1.82, 2.24) is 10.6 Å². The number of hydrogen-bond acceptors (Lipinski definition) is 4. The first-order valence-corrected chi connectivity index (χ1v) is 20.7. The zero-order chi connectivity index (χ0) is 35.7. The van der Waals surface area contributed by atoms with Gasteiger partial charge in [-0.05, 0) is 49.9 Å².